The van der Waals surface area contributed by atoms with Crippen LogP contribution in [0.25, 0.3) is 0 Å². The van der Waals surface area contributed by atoms with Gasteiger partial charge in [0.15, 0.2) is 0 Å². The predicted octanol–water partition coefficient (Wildman–Crippen LogP) is 3.47. The van der Waals surface area contributed by atoms with Crippen molar-refractivity contribution in [1.29, 1.82) is 0 Å². The standard InChI is InChI=1S/C14H18Cl2N2OS.ClH/c1-18(8-10-3-2-4-12(15)14(10)16)13(19)7-11-9-20-6-5-17-11;/h2-4,11,17H,5-9H2,1H3;1H. The van der Waals surface area contributed by atoms with Gasteiger partial charge < -0.3 is 10.2 Å². The monoisotopic (exact) mass is 368 g/mol. The largest absolute Gasteiger partial charge is 0.341 e. The van der Waals surface area contributed by atoms with E-state index in [0.29, 0.717) is 23.0 Å². The Labute approximate surface area is 146 Å². The molecule has 1 amide bonds. The first-order valence-electron chi connectivity index (χ1n) is 6.56. The molecule has 1 saturated heterocycles. The smallest absolute Gasteiger partial charge is 0.224 e. The zero-order valence-corrected chi connectivity index (χ0v) is 14.9. The van der Waals surface area contributed by atoms with Crippen LogP contribution in [0.5, 0.6) is 0 Å². The molecule has 1 atom stereocenters. The van der Waals surface area contributed by atoms with Crippen molar-refractivity contribution in [2.45, 2.75) is 19.0 Å². The van der Waals surface area contributed by atoms with Crippen LogP contribution in [0.2, 0.25) is 10.0 Å². The predicted molar refractivity (Wildman–Crippen MR) is 93.9 cm³/mol. The van der Waals surface area contributed by atoms with Gasteiger partial charge in [-0.3, -0.25) is 4.79 Å². The number of hydrogen-bond acceptors (Lipinski definition) is 3. The fourth-order valence-corrected chi connectivity index (χ4v) is 3.46. The summed E-state index contributed by atoms with van der Waals surface area (Å²) in [4.78, 5) is 13.9. The van der Waals surface area contributed by atoms with Gasteiger partial charge in [-0.2, -0.15) is 11.8 Å². The Balaban J connectivity index is 0.00000220. The lowest BCUT2D eigenvalue weighted by Crippen LogP contribution is -2.41. The first-order chi connectivity index (χ1) is 9.58. The lowest BCUT2D eigenvalue weighted by Gasteiger charge is -2.25. The summed E-state index contributed by atoms with van der Waals surface area (Å²) in [6.07, 6.45) is 0.529. The minimum absolute atomic E-state index is 0. The van der Waals surface area contributed by atoms with Crippen LogP contribution in [-0.4, -0.2) is 41.9 Å². The van der Waals surface area contributed by atoms with Crippen molar-refractivity contribution < 1.29 is 4.79 Å². The second-order valence-electron chi connectivity index (χ2n) is 4.89. The van der Waals surface area contributed by atoms with Gasteiger partial charge in [0, 0.05) is 44.1 Å². The molecule has 2 rings (SSSR count). The molecule has 118 valence electrons. The molecule has 0 radical (unpaired) electrons. The molecule has 1 aromatic rings. The molecule has 1 aromatic carbocycles. The highest BCUT2D eigenvalue weighted by Crippen LogP contribution is 2.26. The molecule has 0 spiro atoms. The van der Waals surface area contributed by atoms with Gasteiger partial charge in [0.2, 0.25) is 5.91 Å². The fraction of sp³-hybridized carbons (Fsp3) is 0.500. The summed E-state index contributed by atoms with van der Waals surface area (Å²) in [5.41, 5.74) is 0.876. The summed E-state index contributed by atoms with van der Waals surface area (Å²) >= 11 is 14.0. The number of rotatable bonds is 4. The van der Waals surface area contributed by atoms with Gasteiger partial charge in [0.05, 0.1) is 10.0 Å². The Bertz CT molecular complexity index is 481. The van der Waals surface area contributed by atoms with Crippen molar-refractivity contribution in [3.63, 3.8) is 0 Å². The van der Waals surface area contributed by atoms with E-state index in [0.717, 1.165) is 23.6 Å². The summed E-state index contributed by atoms with van der Waals surface area (Å²) in [6.45, 7) is 1.46. The SMILES string of the molecule is CN(Cc1cccc(Cl)c1Cl)C(=O)CC1CSCCN1.Cl. The lowest BCUT2D eigenvalue weighted by molar-refractivity contribution is -0.130. The van der Waals surface area contributed by atoms with Crippen molar-refractivity contribution in [2.24, 2.45) is 0 Å². The van der Waals surface area contributed by atoms with E-state index in [1.165, 1.54) is 0 Å². The third kappa shape index (κ3) is 5.53. The number of carbonyl (C=O) groups excluding carboxylic acids is 1. The van der Waals surface area contributed by atoms with Crippen molar-refractivity contribution in [3.05, 3.63) is 33.8 Å². The van der Waals surface area contributed by atoms with Crippen molar-refractivity contribution in [2.75, 3.05) is 25.1 Å². The van der Waals surface area contributed by atoms with Crippen LogP contribution in [0.1, 0.15) is 12.0 Å². The number of halogens is 3. The number of nitrogens with zero attached hydrogens (tertiary/aromatic N) is 1. The Morgan fingerprint density at radius 2 is 2.24 bits per heavy atom. The molecular formula is C14H19Cl3N2OS. The molecule has 1 N–H and O–H groups in total. The molecule has 0 aliphatic carbocycles. The van der Waals surface area contributed by atoms with E-state index in [9.17, 15) is 4.79 Å². The molecule has 0 bridgehead atoms. The Hall–Kier alpha value is -0.130. The molecule has 1 fully saturated rings. The molecular weight excluding hydrogens is 351 g/mol. The molecule has 1 aliphatic heterocycles. The van der Waals surface area contributed by atoms with Gasteiger partial charge in [-0.05, 0) is 11.6 Å². The maximum Gasteiger partial charge on any atom is 0.224 e. The van der Waals surface area contributed by atoms with E-state index in [-0.39, 0.29) is 24.4 Å². The molecule has 0 saturated carbocycles. The van der Waals surface area contributed by atoms with Gasteiger partial charge in [-0.15, -0.1) is 12.4 Å². The highest BCUT2D eigenvalue weighted by molar-refractivity contribution is 7.99. The molecule has 0 aromatic heterocycles. The number of hydrogen-bond donors (Lipinski definition) is 1. The number of nitrogens with one attached hydrogen (secondary N) is 1. The first-order valence-corrected chi connectivity index (χ1v) is 8.47. The molecule has 21 heavy (non-hydrogen) atoms. The highest BCUT2D eigenvalue weighted by atomic mass is 35.5. The van der Waals surface area contributed by atoms with Crippen molar-refractivity contribution in [1.82, 2.24) is 10.2 Å². The van der Waals surface area contributed by atoms with Crippen molar-refractivity contribution in [3.8, 4) is 0 Å². The number of amides is 1. The molecule has 1 heterocycles. The Morgan fingerprint density at radius 3 is 2.90 bits per heavy atom. The van der Waals surface area contributed by atoms with Gasteiger partial charge in [-0.25, -0.2) is 0 Å². The first kappa shape index (κ1) is 18.9. The quantitative estimate of drug-likeness (QED) is 0.882. The molecule has 7 heteroatoms. The van der Waals surface area contributed by atoms with E-state index in [1.54, 1.807) is 18.0 Å². The molecule has 1 unspecified atom stereocenters. The van der Waals surface area contributed by atoms with Crippen molar-refractivity contribution >= 4 is 53.3 Å². The Morgan fingerprint density at radius 1 is 1.48 bits per heavy atom. The normalized spacial score (nSPS) is 18.0. The van der Waals surface area contributed by atoms with Crippen LogP contribution in [0.3, 0.4) is 0 Å². The lowest BCUT2D eigenvalue weighted by atomic mass is 10.1. The highest BCUT2D eigenvalue weighted by Gasteiger charge is 2.19. The fourth-order valence-electron chi connectivity index (χ4n) is 2.13. The minimum atomic E-state index is 0. The van der Waals surface area contributed by atoms with Gasteiger partial charge in [-0.1, -0.05) is 35.3 Å². The third-order valence-corrected chi connectivity index (χ3v) is 5.27. The third-order valence-electron chi connectivity index (χ3n) is 3.28. The van der Waals surface area contributed by atoms with Crippen LogP contribution in [0, 0.1) is 0 Å². The zero-order valence-electron chi connectivity index (χ0n) is 11.8. The second-order valence-corrected chi connectivity index (χ2v) is 6.83. The van der Waals surface area contributed by atoms with E-state index >= 15 is 0 Å². The zero-order chi connectivity index (χ0) is 14.5. The minimum Gasteiger partial charge on any atom is -0.341 e. The number of carbonyl (C=O) groups is 1. The van der Waals surface area contributed by atoms with E-state index in [1.807, 2.05) is 23.9 Å². The Kier molecular flexibility index (Phi) is 8.21. The molecule has 1 aliphatic rings. The average molecular weight is 370 g/mol. The van der Waals surface area contributed by atoms with E-state index in [4.69, 9.17) is 23.2 Å². The van der Waals surface area contributed by atoms with E-state index < -0.39 is 0 Å². The van der Waals surface area contributed by atoms with Crippen LogP contribution >= 0.6 is 47.4 Å². The van der Waals surface area contributed by atoms with Gasteiger partial charge in [0.25, 0.3) is 0 Å². The van der Waals surface area contributed by atoms with Crippen LogP contribution in [0.15, 0.2) is 18.2 Å². The molecule has 3 nitrogen and oxygen atoms in total. The van der Waals surface area contributed by atoms with Crippen LogP contribution < -0.4 is 5.32 Å². The summed E-state index contributed by atoms with van der Waals surface area (Å²) < 4.78 is 0. The van der Waals surface area contributed by atoms with E-state index in [2.05, 4.69) is 5.32 Å². The number of benzene rings is 1. The second kappa shape index (κ2) is 9.11. The maximum absolute atomic E-state index is 12.2. The van der Waals surface area contributed by atoms with Crippen LogP contribution in [-0.2, 0) is 11.3 Å². The average Bonchev–Trinajstić information content (AvgIpc) is 2.45. The number of thioether (sulfide) groups is 1. The van der Waals surface area contributed by atoms with Crippen LogP contribution in [0.4, 0.5) is 0 Å². The summed E-state index contributed by atoms with van der Waals surface area (Å²) in [5.74, 6) is 2.25. The summed E-state index contributed by atoms with van der Waals surface area (Å²) in [6, 6.07) is 5.77. The topological polar surface area (TPSA) is 32.3 Å². The van der Waals surface area contributed by atoms with Gasteiger partial charge in [0.1, 0.15) is 0 Å². The van der Waals surface area contributed by atoms with Gasteiger partial charge >= 0.3 is 0 Å². The maximum atomic E-state index is 12.2. The summed E-state index contributed by atoms with van der Waals surface area (Å²) in [7, 11) is 1.80. The summed E-state index contributed by atoms with van der Waals surface area (Å²) in [5, 5.41) is 4.43.